The van der Waals surface area contributed by atoms with Crippen molar-refractivity contribution in [2.75, 3.05) is 20.3 Å². The maximum atomic E-state index is 11.9. The van der Waals surface area contributed by atoms with Crippen molar-refractivity contribution in [1.82, 2.24) is 5.48 Å². The fourth-order valence-corrected chi connectivity index (χ4v) is 2.70. The van der Waals surface area contributed by atoms with Gasteiger partial charge in [-0.3, -0.25) is 9.63 Å². The van der Waals surface area contributed by atoms with Gasteiger partial charge in [-0.15, -0.1) is 0 Å². The predicted octanol–water partition coefficient (Wildman–Crippen LogP) is 1.92. The van der Waals surface area contributed by atoms with Gasteiger partial charge in [-0.25, -0.2) is 5.48 Å². The highest BCUT2D eigenvalue weighted by atomic mass is 16.6. The zero-order valence-corrected chi connectivity index (χ0v) is 16.1. The number of benzene rings is 2. The molecule has 7 heteroatoms. The van der Waals surface area contributed by atoms with Gasteiger partial charge in [0.2, 0.25) is 0 Å². The number of aliphatic hydroxyl groups excluding tert-OH is 2. The third-order valence-electron chi connectivity index (χ3n) is 4.13. The number of hydroxylamine groups is 1. The minimum absolute atomic E-state index is 0.0754. The molecular weight excluding hydrogens is 362 g/mol. The molecule has 0 aromatic heterocycles. The molecule has 0 saturated carbocycles. The average molecular weight is 389 g/mol. The molecule has 2 atom stereocenters. The number of aliphatic hydroxyl groups is 2. The van der Waals surface area contributed by atoms with Crippen LogP contribution in [0.25, 0.3) is 0 Å². The van der Waals surface area contributed by atoms with Crippen LogP contribution in [0.2, 0.25) is 0 Å². The lowest BCUT2D eigenvalue weighted by molar-refractivity contribution is -0.143. The lowest BCUT2D eigenvalue weighted by Gasteiger charge is -2.16. The third-order valence-corrected chi connectivity index (χ3v) is 4.13. The largest absolute Gasteiger partial charge is 0.491 e. The molecule has 2 aromatic carbocycles. The molecule has 0 spiro atoms. The van der Waals surface area contributed by atoms with Gasteiger partial charge in [-0.2, -0.15) is 0 Å². The molecule has 0 bridgehead atoms. The highest BCUT2D eigenvalue weighted by molar-refractivity contribution is 5.80. The van der Waals surface area contributed by atoms with Crippen LogP contribution >= 0.6 is 0 Å². The predicted molar refractivity (Wildman–Crippen MR) is 104 cm³/mol. The maximum Gasteiger partial charge on any atom is 0.272 e. The van der Waals surface area contributed by atoms with Crippen LogP contribution in [-0.4, -0.2) is 42.5 Å². The van der Waals surface area contributed by atoms with E-state index < -0.39 is 12.2 Å². The van der Waals surface area contributed by atoms with E-state index in [1.165, 1.54) is 7.11 Å². The molecule has 0 aliphatic carbocycles. The van der Waals surface area contributed by atoms with Crippen LogP contribution in [0.4, 0.5) is 0 Å². The summed E-state index contributed by atoms with van der Waals surface area (Å²) in [7, 11) is 1.38. The molecule has 0 heterocycles. The molecule has 3 N–H and O–H groups in total. The number of hydrogen-bond acceptors (Lipinski definition) is 6. The van der Waals surface area contributed by atoms with E-state index >= 15 is 0 Å². The second kappa shape index (κ2) is 11.4. The number of rotatable bonds is 11. The van der Waals surface area contributed by atoms with E-state index in [1.54, 1.807) is 36.4 Å². The first kappa shape index (κ1) is 21.8. The van der Waals surface area contributed by atoms with Gasteiger partial charge in [0, 0.05) is 13.0 Å². The van der Waals surface area contributed by atoms with Crippen molar-refractivity contribution < 1.29 is 29.3 Å². The van der Waals surface area contributed by atoms with Crippen LogP contribution in [0.3, 0.4) is 0 Å². The monoisotopic (exact) mass is 389 g/mol. The molecule has 152 valence electrons. The Bertz CT molecular complexity index is 734. The Kier molecular flexibility index (Phi) is 8.90. The summed E-state index contributed by atoms with van der Waals surface area (Å²) in [6, 6.07) is 14.4. The molecule has 0 unspecified atom stereocenters. The third kappa shape index (κ3) is 6.61. The number of hydrogen-bond donors (Lipinski definition) is 3. The first-order valence-corrected chi connectivity index (χ1v) is 9.11. The summed E-state index contributed by atoms with van der Waals surface area (Å²) in [4.78, 5) is 16.6. The van der Waals surface area contributed by atoms with E-state index in [0.29, 0.717) is 24.3 Å². The Morgan fingerprint density at radius 2 is 1.89 bits per heavy atom. The van der Waals surface area contributed by atoms with Crippen LogP contribution in [0.15, 0.2) is 48.5 Å². The van der Waals surface area contributed by atoms with Crippen LogP contribution in [0.1, 0.15) is 29.7 Å². The molecular formula is C21H27NO6. The summed E-state index contributed by atoms with van der Waals surface area (Å²) >= 11 is 0. The Hall–Kier alpha value is -2.45. The van der Waals surface area contributed by atoms with Crippen molar-refractivity contribution in [2.45, 2.75) is 32.2 Å². The first-order valence-electron chi connectivity index (χ1n) is 9.11. The smallest absolute Gasteiger partial charge is 0.272 e. The Morgan fingerprint density at radius 3 is 2.54 bits per heavy atom. The summed E-state index contributed by atoms with van der Waals surface area (Å²) in [5, 5.41) is 19.5. The summed E-state index contributed by atoms with van der Waals surface area (Å²) < 4.78 is 11.1. The number of carbonyl (C=O) groups is 1. The van der Waals surface area contributed by atoms with Crippen LogP contribution in [0, 0.1) is 0 Å². The van der Waals surface area contributed by atoms with E-state index in [2.05, 4.69) is 10.3 Å². The standard InChI is InChI=1S/C21H27NO6/c1-3-27-20(21(25)22-26-2)12-15-7-9-18(10-8-15)28-14-19(24)17-6-4-5-16(11-17)13-23/h4-11,19-20,23-24H,3,12-14H2,1-2H3,(H,22,25)/t19-,20-/m0/s1. The summed E-state index contributed by atoms with van der Waals surface area (Å²) in [6.45, 7) is 2.25. The average Bonchev–Trinajstić information content (AvgIpc) is 2.72. The minimum Gasteiger partial charge on any atom is -0.491 e. The Balaban J connectivity index is 1.91. The van der Waals surface area contributed by atoms with Crippen LogP contribution in [0.5, 0.6) is 5.75 Å². The van der Waals surface area contributed by atoms with Crippen molar-refractivity contribution in [1.29, 1.82) is 0 Å². The van der Waals surface area contributed by atoms with Crippen molar-refractivity contribution in [3.05, 3.63) is 65.2 Å². The topological polar surface area (TPSA) is 97.3 Å². The van der Waals surface area contributed by atoms with Crippen molar-refractivity contribution in [3.8, 4) is 5.75 Å². The van der Waals surface area contributed by atoms with Gasteiger partial charge in [-0.1, -0.05) is 36.4 Å². The first-order chi connectivity index (χ1) is 13.6. The molecule has 0 radical (unpaired) electrons. The summed E-state index contributed by atoms with van der Waals surface area (Å²) in [6.07, 6.45) is -1.04. The van der Waals surface area contributed by atoms with Gasteiger partial charge in [0.05, 0.1) is 13.7 Å². The number of nitrogens with one attached hydrogen (secondary N) is 1. The van der Waals surface area contributed by atoms with E-state index in [4.69, 9.17) is 9.47 Å². The van der Waals surface area contributed by atoms with E-state index in [1.807, 2.05) is 19.1 Å². The minimum atomic E-state index is -0.800. The van der Waals surface area contributed by atoms with Crippen molar-refractivity contribution in [3.63, 3.8) is 0 Å². The summed E-state index contributed by atoms with van der Waals surface area (Å²) in [5.41, 5.74) is 4.62. The lowest BCUT2D eigenvalue weighted by atomic mass is 10.1. The summed E-state index contributed by atoms with van der Waals surface area (Å²) in [5.74, 6) is 0.272. The number of carbonyl (C=O) groups excluding carboxylic acids is 1. The van der Waals surface area contributed by atoms with Gasteiger partial charge in [0.25, 0.3) is 5.91 Å². The fraction of sp³-hybridized carbons (Fsp3) is 0.381. The molecule has 2 rings (SSSR count). The second-order valence-corrected chi connectivity index (χ2v) is 6.19. The maximum absolute atomic E-state index is 11.9. The normalized spacial score (nSPS) is 13.0. The SMILES string of the molecule is CCO[C@@H](Cc1ccc(OC[C@H](O)c2cccc(CO)c2)cc1)C(=O)NOC. The zero-order valence-electron chi connectivity index (χ0n) is 16.1. The molecule has 28 heavy (non-hydrogen) atoms. The fourth-order valence-electron chi connectivity index (χ4n) is 2.70. The van der Waals surface area contributed by atoms with E-state index in [-0.39, 0.29) is 19.1 Å². The van der Waals surface area contributed by atoms with Gasteiger partial charge in [0.1, 0.15) is 24.6 Å². The van der Waals surface area contributed by atoms with Crippen LogP contribution < -0.4 is 10.2 Å². The Morgan fingerprint density at radius 1 is 1.14 bits per heavy atom. The highest BCUT2D eigenvalue weighted by Gasteiger charge is 2.19. The molecule has 2 aromatic rings. The quantitative estimate of drug-likeness (QED) is 0.508. The van der Waals surface area contributed by atoms with Crippen molar-refractivity contribution >= 4 is 5.91 Å². The second-order valence-electron chi connectivity index (χ2n) is 6.19. The van der Waals surface area contributed by atoms with Gasteiger partial charge >= 0.3 is 0 Å². The molecule has 0 aliphatic rings. The number of ether oxygens (including phenoxy) is 2. The van der Waals surface area contributed by atoms with E-state index in [0.717, 1.165) is 11.1 Å². The van der Waals surface area contributed by atoms with Crippen molar-refractivity contribution in [2.24, 2.45) is 0 Å². The lowest BCUT2D eigenvalue weighted by Crippen LogP contribution is -2.37. The molecule has 7 nitrogen and oxygen atoms in total. The molecule has 1 amide bonds. The molecule has 0 saturated heterocycles. The Labute approximate surface area is 164 Å². The van der Waals surface area contributed by atoms with E-state index in [9.17, 15) is 15.0 Å². The zero-order chi connectivity index (χ0) is 20.4. The van der Waals surface area contributed by atoms with Crippen LogP contribution in [-0.2, 0) is 27.4 Å². The van der Waals surface area contributed by atoms with Gasteiger partial charge < -0.3 is 19.7 Å². The highest BCUT2D eigenvalue weighted by Crippen LogP contribution is 2.19. The molecule has 0 aliphatic heterocycles. The van der Waals surface area contributed by atoms with Gasteiger partial charge in [0.15, 0.2) is 0 Å². The van der Waals surface area contributed by atoms with Gasteiger partial charge in [-0.05, 0) is 35.7 Å². The molecule has 0 fully saturated rings. The number of amides is 1.